The Morgan fingerprint density at radius 2 is 1.93 bits per heavy atom. The zero-order valence-corrected chi connectivity index (χ0v) is 10.6. The Kier molecular flexibility index (Phi) is 4.37. The van der Waals surface area contributed by atoms with Crippen molar-refractivity contribution >= 4 is 21.8 Å². The Morgan fingerprint density at radius 1 is 1.40 bits per heavy atom. The van der Waals surface area contributed by atoms with Crippen molar-refractivity contribution in [2.75, 3.05) is 33.2 Å². The summed E-state index contributed by atoms with van der Waals surface area (Å²) < 4.78 is 32.3. The van der Waals surface area contributed by atoms with Gasteiger partial charge in [0.05, 0.1) is 5.54 Å². The van der Waals surface area contributed by atoms with Gasteiger partial charge in [-0.3, -0.25) is 0 Å². The summed E-state index contributed by atoms with van der Waals surface area (Å²) >= 11 is 5.85. The minimum Gasteiger partial charge on any atom is -0.381 e. The van der Waals surface area contributed by atoms with Crippen LogP contribution in [-0.4, -0.2) is 51.5 Å². The van der Waals surface area contributed by atoms with Gasteiger partial charge in [-0.2, -0.15) is 17.4 Å². The molecule has 5 nitrogen and oxygen atoms in total. The third-order valence-electron chi connectivity index (χ3n) is 2.53. The summed E-state index contributed by atoms with van der Waals surface area (Å²) in [6, 6.07) is 0. The molecule has 0 spiro atoms. The lowest BCUT2D eigenvalue weighted by Crippen LogP contribution is -2.56. The van der Waals surface area contributed by atoms with E-state index in [4.69, 9.17) is 16.3 Å². The topological polar surface area (TPSA) is 58.6 Å². The second-order valence-corrected chi connectivity index (χ2v) is 6.07. The van der Waals surface area contributed by atoms with Gasteiger partial charge in [0.1, 0.15) is 0 Å². The average molecular weight is 257 g/mol. The predicted octanol–water partition coefficient (Wildman–Crippen LogP) is 0.170. The number of hydrogen-bond donors (Lipinski definition) is 1. The standard InChI is InChI=1S/C8H17ClN2O3S/c1-11(2)15(12,13)10-8(7-9)3-5-14-6-4-8/h10H,3-7H2,1-2H3. The van der Waals surface area contributed by atoms with Crippen molar-refractivity contribution < 1.29 is 13.2 Å². The smallest absolute Gasteiger partial charge is 0.279 e. The number of alkyl halides is 1. The summed E-state index contributed by atoms with van der Waals surface area (Å²) in [5, 5.41) is 0. The predicted molar refractivity (Wildman–Crippen MR) is 59.2 cm³/mol. The van der Waals surface area contributed by atoms with Gasteiger partial charge in [0, 0.05) is 33.2 Å². The highest BCUT2D eigenvalue weighted by Crippen LogP contribution is 2.23. The molecule has 1 aliphatic rings. The molecule has 0 amide bonds. The third kappa shape index (κ3) is 3.29. The third-order valence-corrected chi connectivity index (χ3v) is 4.70. The quantitative estimate of drug-likeness (QED) is 0.730. The summed E-state index contributed by atoms with van der Waals surface area (Å²) in [6.07, 6.45) is 1.23. The average Bonchev–Trinajstić information content (AvgIpc) is 2.18. The van der Waals surface area contributed by atoms with Gasteiger partial charge in [0.15, 0.2) is 0 Å². The van der Waals surface area contributed by atoms with Crippen LogP contribution in [0.25, 0.3) is 0 Å². The minimum absolute atomic E-state index is 0.267. The molecule has 1 aliphatic heterocycles. The van der Waals surface area contributed by atoms with Crippen LogP contribution in [0.1, 0.15) is 12.8 Å². The molecule has 1 rings (SSSR count). The Morgan fingerprint density at radius 3 is 2.33 bits per heavy atom. The molecule has 7 heteroatoms. The van der Waals surface area contributed by atoms with Gasteiger partial charge in [0.25, 0.3) is 10.2 Å². The molecule has 15 heavy (non-hydrogen) atoms. The van der Waals surface area contributed by atoms with Crippen molar-refractivity contribution in [2.24, 2.45) is 0 Å². The molecule has 0 atom stereocenters. The largest absolute Gasteiger partial charge is 0.381 e. The maximum atomic E-state index is 11.7. The molecule has 0 aromatic carbocycles. The van der Waals surface area contributed by atoms with Crippen LogP contribution >= 0.6 is 11.6 Å². The van der Waals surface area contributed by atoms with Crippen LogP contribution in [0.3, 0.4) is 0 Å². The molecule has 0 saturated carbocycles. The molecule has 1 heterocycles. The number of ether oxygens (including phenoxy) is 1. The molecule has 1 saturated heterocycles. The van der Waals surface area contributed by atoms with Crippen LogP contribution in [0, 0.1) is 0 Å². The summed E-state index contributed by atoms with van der Waals surface area (Å²) in [5.41, 5.74) is -0.553. The normalized spacial score (nSPS) is 21.9. The van der Waals surface area contributed by atoms with E-state index < -0.39 is 15.7 Å². The van der Waals surface area contributed by atoms with Crippen LogP contribution in [0.5, 0.6) is 0 Å². The minimum atomic E-state index is -3.43. The molecule has 0 aromatic heterocycles. The molecule has 0 radical (unpaired) electrons. The van der Waals surface area contributed by atoms with E-state index in [0.717, 1.165) is 4.31 Å². The van der Waals surface area contributed by atoms with Crippen LogP contribution < -0.4 is 4.72 Å². The number of rotatable bonds is 4. The lowest BCUT2D eigenvalue weighted by Gasteiger charge is -2.36. The Balaban J connectivity index is 2.76. The van der Waals surface area contributed by atoms with E-state index in [9.17, 15) is 8.42 Å². The van der Waals surface area contributed by atoms with Gasteiger partial charge >= 0.3 is 0 Å². The van der Waals surface area contributed by atoms with E-state index in [1.807, 2.05) is 0 Å². The lowest BCUT2D eigenvalue weighted by atomic mass is 9.94. The lowest BCUT2D eigenvalue weighted by molar-refractivity contribution is 0.0544. The summed E-state index contributed by atoms with van der Waals surface area (Å²) in [7, 11) is -0.446. The van der Waals surface area contributed by atoms with Crippen molar-refractivity contribution in [3.05, 3.63) is 0 Å². The van der Waals surface area contributed by atoms with Crippen LogP contribution in [0.4, 0.5) is 0 Å². The number of halogens is 1. The number of nitrogens with zero attached hydrogens (tertiary/aromatic N) is 1. The number of hydrogen-bond acceptors (Lipinski definition) is 3. The van der Waals surface area contributed by atoms with Gasteiger partial charge in [-0.05, 0) is 12.8 Å². The maximum absolute atomic E-state index is 11.7. The highest BCUT2D eigenvalue weighted by Gasteiger charge is 2.36. The second-order valence-electron chi connectivity index (χ2n) is 3.92. The zero-order valence-electron chi connectivity index (χ0n) is 8.99. The zero-order chi connectivity index (χ0) is 11.5. The van der Waals surface area contributed by atoms with Crippen molar-refractivity contribution in [1.82, 2.24) is 9.03 Å². The summed E-state index contributed by atoms with van der Waals surface area (Å²) in [6.45, 7) is 1.09. The summed E-state index contributed by atoms with van der Waals surface area (Å²) in [5.74, 6) is 0.267. The van der Waals surface area contributed by atoms with Gasteiger partial charge < -0.3 is 4.74 Å². The van der Waals surface area contributed by atoms with Gasteiger partial charge in [-0.15, -0.1) is 11.6 Å². The van der Waals surface area contributed by atoms with E-state index in [0.29, 0.717) is 26.1 Å². The fourth-order valence-electron chi connectivity index (χ4n) is 1.39. The van der Waals surface area contributed by atoms with Crippen molar-refractivity contribution in [3.63, 3.8) is 0 Å². The SMILES string of the molecule is CN(C)S(=O)(=O)NC1(CCl)CCOCC1. The maximum Gasteiger partial charge on any atom is 0.279 e. The van der Waals surface area contributed by atoms with Crippen molar-refractivity contribution in [1.29, 1.82) is 0 Å². The first-order valence-electron chi connectivity index (χ1n) is 4.77. The first kappa shape index (κ1) is 13.2. The molecule has 0 aliphatic carbocycles. The fraction of sp³-hybridized carbons (Fsp3) is 1.00. The van der Waals surface area contributed by atoms with Crippen molar-refractivity contribution in [2.45, 2.75) is 18.4 Å². The molecule has 1 fully saturated rings. The summed E-state index contributed by atoms with van der Waals surface area (Å²) in [4.78, 5) is 0. The first-order chi connectivity index (χ1) is 6.92. The first-order valence-corrected chi connectivity index (χ1v) is 6.74. The van der Waals surface area contributed by atoms with Gasteiger partial charge in [-0.1, -0.05) is 0 Å². The number of nitrogens with one attached hydrogen (secondary N) is 1. The van der Waals surface area contributed by atoms with Crippen LogP contribution in [-0.2, 0) is 14.9 Å². The molecule has 0 bridgehead atoms. The molecular formula is C8H17ClN2O3S. The molecule has 90 valence electrons. The van der Waals surface area contributed by atoms with E-state index in [1.165, 1.54) is 14.1 Å². The monoisotopic (exact) mass is 256 g/mol. The van der Waals surface area contributed by atoms with E-state index >= 15 is 0 Å². The van der Waals surface area contributed by atoms with Crippen LogP contribution in [0.2, 0.25) is 0 Å². The van der Waals surface area contributed by atoms with E-state index in [1.54, 1.807) is 0 Å². The Hall–Kier alpha value is 0.120. The Labute approximate surface area is 95.9 Å². The van der Waals surface area contributed by atoms with E-state index in [-0.39, 0.29) is 5.88 Å². The van der Waals surface area contributed by atoms with Crippen LogP contribution in [0.15, 0.2) is 0 Å². The van der Waals surface area contributed by atoms with Crippen molar-refractivity contribution in [3.8, 4) is 0 Å². The molecule has 1 N–H and O–H groups in total. The van der Waals surface area contributed by atoms with E-state index in [2.05, 4.69) is 4.72 Å². The molecule has 0 aromatic rings. The molecule has 0 unspecified atom stereocenters. The highest BCUT2D eigenvalue weighted by atomic mass is 35.5. The van der Waals surface area contributed by atoms with Gasteiger partial charge in [-0.25, -0.2) is 0 Å². The fourth-order valence-corrected chi connectivity index (χ4v) is 2.81. The highest BCUT2D eigenvalue weighted by molar-refractivity contribution is 7.87. The molecular weight excluding hydrogens is 240 g/mol. The second kappa shape index (κ2) is 4.97. The Bertz CT molecular complexity index is 299. The van der Waals surface area contributed by atoms with Gasteiger partial charge in [0.2, 0.25) is 0 Å².